The van der Waals surface area contributed by atoms with E-state index in [4.69, 9.17) is 0 Å². The van der Waals surface area contributed by atoms with Crippen LogP contribution in [0.25, 0.3) is 0 Å². The minimum atomic E-state index is 0.113. The first kappa shape index (κ1) is 16.2. The number of hydrogen-bond donors (Lipinski definition) is 2. The number of aliphatic hydroxyl groups excluding tert-OH is 1. The number of nitrogens with one attached hydrogen (secondary N) is 1. The molecule has 0 bridgehead atoms. The van der Waals surface area contributed by atoms with Gasteiger partial charge in [0.2, 0.25) is 0 Å². The molecule has 1 unspecified atom stereocenters. The first-order valence-electron chi connectivity index (χ1n) is 7.99. The van der Waals surface area contributed by atoms with Gasteiger partial charge in [0.15, 0.2) is 0 Å². The molecule has 0 radical (unpaired) electrons. The fourth-order valence-electron chi connectivity index (χ4n) is 2.86. The van der Waals surface area contributed by atoms with Crippen molar-refractivity contribution in [3.63, 3.8) is 0 Å². The van der Waals surface area contributed by atoms with E-state index in [2.05, 4.69) is 49.0 Å². The van der Waals surface area contributed by atoms with Gasteiger partial charge in [-0.1, -0.05) is 0 Å². The molecular weight excluding hydrogens is 262 g/mol. The Kier molecular flexibility index (Phi) is 5.22. The molecule has 1 aliphatic rings. The zero-order chi connectivity index (χ0) is 15.5. The van der Waals surface area contributed by atoms with E-state index < -0.39 is 0 Å². The van der Waals surface area contributed by atoms with Crippen LogP contribution in [0.1, 0.15) is 51.2 Å². The van der Waals surface area contributed by atoms with Crippen LogP contribution >= 0.6 is 0 Å². The number of rotatable bonds is 4. The highest BCUT2D eigenvalue weighted by Gasteiger charge is 2.24. The molecule has 0 spiro atoms. The van der Waals surface area contributed by atoms with Crippen molar-refractivity contribution < 1.29 is 5.11 Å². The Morgan fingerprint density at radius 2 is 2.14 bits per heavy atom. The number of aliphatic hydroxyl groups is 1. The number of piperidine rings is 1. The maximum atomic E-state index is 9.56. The van der Waals surface area contributed by atoms with Crippen LogP contribution in [-0.4, -0.2) is 34.8 Å². The number of pyridine rings is 1. The molecule has 2 rings (SSSR count). The summed E-state index contributed by atoms with van der Waals surface area (Å²) in [5.74, 6) is 1.04. The fourth-order valence-corrected chi connectivity index (χ4v) is 2.86. The summed E-state index contributed by atoms with van der Waals surface area (Å²) >= 11 is 0. The van der Waals surface area contributed by atoms with Gasteiger partial charge in [0, 0.05) is 24.8 Å². The van der Waals surface area contributed by atoms with Crippen molar-refractivity contribution in [1.82, 2.24) is 10.3 Å². The smallest absolute Gasteiger partial charge is 0.131 e. The Morgan fingerprint density at radius 3 is 2.76 bits per heavy atom. The molecule has 1 atom stereocenters. The molecule has 0 aliphatic carbocycles. The van der Waals surface area contributed by atoms with Crippen LogP contribution in [-0.2, 0) is 6.54 Å². The predicted octanol–water partition coefficient (Wildman–Crippen LogP) is 2.63. The first-order valence-corrected chi connectivity index (χ1v) is 7.99. The molecule has 4 nitrogen and oxygen atoms in total. The molecular formula is C17H29N3O. The number of anilines is 1. The molecule has 2 heterocycles. The fraction of sp³-hybridized carbons (Fsp3) is 0.706. The molecule has 1 saturated heterocycles. The zero-order valence-corrected chi connectivity index (χ0v) is 13.8. The Bertz CT molecular complexity index is 468. The normalized spacial score (nSPS) is 19.9. The van der Waals surface area contributed by atoms with Crippen LogP contribution in [0.4, 0.5) is 5.82 Å². The predicted molar refractivity (Wildman–Crippen MR) is 87.6 cm³/mol. The van der Waals surface area contributed by atoms with Gasteiger partial charge in [-0.25, -0.2) is 4.98 Å². The average Bonchev–Trinajstić information content (AvgIpc) is 2.44. The van der Waals surface area contributed by atoms with E-state index in [-0.39, 0.29) is 18.2 Å². The Hall–Kier alpha value is -1.13. The van der Waals surface area contributed by atoms with Crippen LogP contribution in [0.15, 0.2) is 12.3 Å². The van der Waals surface area contributed by atoms with E-state index in [0.717, 1.165) is 25.3 Å². The van der Waals surface area contributed by atoms with E-state index in [0.29, 0.717) is 0 Å². The summed E-state index contributed by atoms with van der Waals surface area (Å²) in [6, 6.07) is 2.44. The Labute approximate surface area is 128 Å². The van der Waals surface area contributed by atoms with E-state index in [9.17, 15) is 5.11 Å². The molecule has 1 aromatic heterocycles. The van der Waals surface area contributed by atoms with E-state index in [1.807, 2.05) is 6.20 Å². The van der Waals surface area contributed by atoms with Crippen molar-refractivity contribution in [1.29, 1.82) is 0 Å². The first-order chi connectivity index (χ1) is 9.90. The number of aryl methyl sites for hydroxylation is 1. The van der Waals surface area contributed by atoms with Crippen molar-refractivity contribution in [3.8, 4) is 0 Å². The van der Waals surface area contributed by atoms with Gasteiger partial charge in [-0.05, 0) is 64.2 Å². The van der Waals surface area contributed by atoms with Crippen LogP contribution in [0.5, 0.6) is 0 Å². The summed E-state index contributed by atoms with van der Waals surface area (Å²) in [7, 11) is 0. The summed E-state index contributed by atoms with van der Waals surface area (Å²) in [4.78, 5) is 6.95. The molecule has 0 saturated carbocycles. The number of aromatic nitrogens is 1. The van der Waals surface area contributed by atoms with Crippen molar-refractivity contribution in [2.75, 3.05) is 18.1 Å². The third kappa shape index (κ3) is 4.42. The van der Waals surface area contributed by atoms with E-state index in [1.165, 1.54) is 24.0 Å². The molecule has 1 aromatic rings. The molecule has 1 fully saturated rings. The van der Waals surface area contributed by atoms with Crippen molar-refractivity contribution in [2.24, 2.45) is 0 Å². The van der Waals surface area contributed by atoms with Crippen molar-refractivity contribution in [2.45, 2.75) is 65.1 Å². The monoisotopic (exact) mass is 291 g/mol. The molecule has 1 aliphatic heterocycles. The van der Waals surface area contributed by atoms with E-state index in [1.54, 1.807) is 0 Å². The van der Waals surface area contributed by atoms with Crippen LogP contribution in [0.3, 0.4) is 0 Å². The summed E-state index contributed by atoms with van der Waals surface area (Å²) in [5, 5.41) is 13.1. The molecule has 118 valence electrons. The highest BCUT2D eigenvalue weighted by atomic mass is 16.3. The minimum absolute atomic E-state index is 0.113. The van der Waals surface area contributed by atoms with Crippen LogP contribution in [0, 0.1) is 6.92 Å². The maximum absolute atomic E-state index is 9.56. The summed E-state index contributed by atoms with van der Waals surface area (Å²) in [6.45, 7) is 10.7. The quantitative estimate of drug-likeness (QED) is 0.895. The lowest BCUT2D eigenvalue weighted by molar-refractivity contribution is 0.239. The molecule has 21 heavy (non-hydrogen) atoms. The van der Waals surface area contributed by atoms with Crippen molar-refractivity contribution >= 4 is 5.82 Å². The third-order valence-corrected chi connectivity index (χ3v) is 4.04. The zero-order valence-electron chi connectivity index (χ0n) is 13.8. The SMILES string of the molecule is Cc1cc(CNC(C)(C)C)cnc1N1CCCCC1CO. The number of hydrogen-bond acceptors (Lipinski definition) is 4. The van der Waals surface area contributed by atoms with Gasteiger partial charge in [0.1, 0.15) is 5.82 Å². The van der Waals surface area contributed by atoms with Gasteiger partial charge in [0.05, 0.1) is 12.6 Å². The highest BCUT2D eigenvalue weighted by molar-refractivity contribution is 5.48. The van der Waals surface area contributed by atoms with Crippen LogP contribution in [0.2, 0.25) is 0 Å². The standard InChI is InChI=1S/C17H29N3O/c1-13-9-14(11-19-17(2,3)4)10-18-16(13)20-8-6-5-7-15(20)12-21/h9-10,15,19,21H,5-8,11-12H2,1-4H3. The van der Waals surface area contributed by atoms with Gasteiger partial charge < -0.3 is 15.3 Å². The second-order valence-electron chi connectivity index (χ2n) is 7.11. The summed E-state index contributed by atoms with van der Waals surface area (Å²) in [5.41, 5.74) is 2.52. The minimum Gasteiger partial charge on any atom is -0.394 e. The maximum Gasteiger partial charge on any atom is 0.131 e. The highest BCUT2D eigenvalue weighted by Crippen LogP contribution is 2.26. The molecule has 0 aromatic carbocycles. The van der Waals surface area contributed by atoms with Gasteiger partial charge >= 0.3 is 0 Å². The molecule has 4 heteroatoms. The Morgan fingerprint density at radius 1 is 1.38 bits per heavy atom. The molecule has 2 N–H and O–H groups in total. The lowest BCUT2D eigenvalue weighted by Gasteiger charge is -2.36. The lowest BCUT2D eigenvalue weighted by Crippen LogP contribution is -2.42. The Balaban J connectivity index is 2.11. The molecule has 0 amide bonds. The van der Waals surface area contributed by atoms with Gasteiger partial charge in [-0.2, -0.15) is 0 Å². The van der Waals surface area contributed by atoms with Gasteiger partial charge in [0.25, 0.3) is 0 Å². The third-order valence-electron chi connectivity index (χ3n) is 4.04. The second-order valence-corrected chi connectivity index (χ2v) is 7.11. The van der Waals surface area contributed by atoms with Gasteiger partial charge in [-0.15, -0.1) is 0 Å². The average molecular weight is 291 g/mol. The second kappa shape index (κ2) is 6.75. The lowest BCUT2D eigenvalue weighted by atomic mass is 10.0. The van der Waals surface area contributed by atoms with Crippen molar-refractivity contribution in [3.05, 3.63) is 23.4 Å². The van der Waals surface area contributed by atoms with Gasteiger partial charge in [-0.3, -0.25) is 0 Å². The largest absolute Gasteiger partial charge is 0.394 e. The summed E-state index contributed by atoms with van der Waals surface area (Å²) < 4.78 is 0. The topological polar surface area (TPSA) is 48.4 Å². The van der Waals surface area contributed by atoms with Crippen LogP contribution < -0.4 is 10.2 Å². The number of nitrogens with zero attached hydrogens (tertiary/aromatic N) is 2. The summed E-state index contributed by atoms with van der Waals surface area (Å²) in [6.07, 6.45) is 5.41. The van der Waals surface area contributed by atoms with E-state index >= 15 is 0 Å².